The van der Waals surface area contributed by atoms with E-state index in [0.717, 1.165) is 11.3 Å². The van der Waals surface area contributed by atoms with Crippen molar-refractivity contribution in [3.05, 3.63) is 46.8 Å². The second kappa shape index (κ2) is 4.18. The fourth-order valence-electron chi connectivity index (χ4n) is 1.48. The lowest BCUT2D eigenvalue weighted by Gasteiger charge is -2.11. The molecule has 4 nitrogen and oxygen atoms in total. The van der Waals surface area contributed by atoms with Crippen molar-refractivity contribution < 1.29 is 0 Å². The molecule has 4 heteroatoms. The third-order valence-corrected chi connectivity index (χ3v) is 2.34. The average molecular weight is 215 g/mol. The number of hydrogen-bond acceptors (Lipinski definition) is 3. The molecule has 1 N–H and O–H groups in total. The summed E-state index contributed by atoms with van der Waals surface area (Å²) in [6.45, 7) is 0. The van der Waals surface area contributed by atoms with Crippen molar-refractivity contribution >= 4 is 5.69 Å². The van der Waals surface area contributed by atoms with Gasteiger partial charge in [0.15, 0.2) is 0 Å². The highest BCUT2D eigenvalue weighted by Gasteiger charge is 2.05. The van der Waals surface area contributed by atoms with Gasteiger partial charge in [0.25, 0.3) is 5.56 Å². The third-order valence-electron chi connectivity index (χ3n) is 2.34. The number of anilines is 1. The Labute approximate surface area is 93.5 Å². The van der Waals surface area contributed by atoms with E-state index < -0.39 is 0 Å². The Kier molecular flexibility index (Phi) is 2.72. The van der Waals surface area contributed by atoms with Crippen molar-refractivity contribution in [3.63, 3.8) is 0 Å². The molecule has 2 aromatic rings. The van der Waals surface area contributed by atoms with Gasteiger partial charge in [0, 0.05) is 19.7 Å². The van der Waals surface area contributed by atoms with Gasteiger partial charge in [-0.2, -0.15) is 5.10 Å². The fraction of sp³-hybridized carbons (Fsp3) is 0.167. The van der Waals surface area contributed by atoms with Gasteiger partial charge in [-0.15, -0.1) is 0 Å². The standard InChI is InChI=1S/C12H13N3O/c1-15(2)11-8-10(13-14-12(11)16)9-6-4-3-5-7-9/h3-8H,1-2H3,(H,14,16). The maximum atomic E-state index is 11.5. The zero-order valence-corrected chi connectivity index (χ0v) is 9.27. The second-order valence-electron chi connectivity index (χ2n) is 3.73. The predicted molar refractivity (Wildman–Crippen MR) is 64.6 cm³/mol. The van der Waals surface area contributed by atoms with E-state index in [1.165, 1.54) is 0 Å². The molecule has 0 atom stereocenters. The van der Waals surface area contributed by atoms with Crippen LogP contribution in [0.1, 0.15) is 0 Å². The highest BCUT2D eigenvalue weighted by molar-refractivity contribution is 5.63. The number of nitrogens with zero attached hydrogens (tertiary/aromatic N) is 2. The van der Waals surface area contributed by atoms with Gasteiger partial charge < -0.3 is 4.90 Å². The quantitative estimate of drug-likeness (QED) is 0.826. The molecule has 0 saturated heterocycles. The van der Waals surface area contributed by atoms with Gasteiger partial charge in [-0.1, -0.05) is 30.3 Å². The highest BCUT2D eigenvalue weighted by Crippen LogP contribution is 2.17. The Morgan fingerprint density at radius 1 is 1.19 bits per heavy atom. The number of nitrogens with one attached hydrogen (secondary N) is 1. The number of H-pyrrole nitrogens is 1. The Hall–Kier alpha value is -2.10. The van der Waals surface area contributed by atoms with Crippen LogP contribution in [0.2, 0.25) is 0 Å². The van der Waals surface area contributed by atoms with E-state index in [-0.39, 0.29) is 5.56 Å². The minimum Gasteiger partial charge on any atom is -0.373 e. The molecule has 0 fully saturated rings. The van der Waals surface area contributed by atoms with Crippen molar-refractivity contribution in [1.29, 1.82) is 0 Å². The molecule has 82 valence electrons. The van der Waals surface area contributed by atoms with E-state index in [2.05, 4.69) is 10.2 Å². The first-order chi connectivity index (χ1) is 7.68. The highest BCUT2D eigenvalue weighted by atomic mass is 16.1. The monoisotopic (exact) mass is 215 g/mol. The molecule has 16 heavy (non-hydrogen) atoms. The van der Waals surface area contributed by atoms with Gasteiger partial charge in [-0.25, -0.2) is 5.10 Å². The van der Waals surface area contributed by atoms with Gasteiger partial charge in [-0.3, -0.25) is 4.79 Å². The summed E-state index contributed by atoms with van der Waals surface area (Å²) in [5.41, 5.74) is 2.18. The van der Waals surface area contributed by atoms with E-state index >= 15 is 0 Å². The average Bonchev–Trinajstić information content (AvgIpc) is 2.30. The van der Waals surface area contributed by atoms with Crippen LogP contribution in [0.3, 0.4) is 0 Å². The Morgan fingerprint density at radius 2 is 1.88 bits per heavy atom. The maximum Gasteiger partial charge on any atom is 0.287 e. The first-order valence-electron chi connectivity index (χ1n) is 5.01. The molecule has 0 radical (unpaired) electrons. The largest absolute Gasteiger partial charge is 0.373 e. The lowest BCUT2D eigenvalue weighted by Crippen LogP contribution is -2.21. The van der Waals surface area contributed by atoms with Crippen LogP contribution in [0, 0.1) is 0 Å². The molecule has 2 rings (SSSR count). The predicted octanol–water partition coefficient (Wildman–Crippen LogP) is 1.50. The van der Waals surface area contributed by atoms with Crippen molar-refractivity contribution in [3.8, 4) is 11.3 Å². The summed E-state index contributed by atoms with van der Waals surface area (Å²) in [7, 11) is 3.67. The minimum atomic E-state index is -0.176. The molecule has 0 spiro atoms. The topological polar surface area (TPSA) is 49.0 Å². The summed E-state index contributed by atoms with van der Waals surface area (Å²) < 4.78 is 0. The van der Waals surface area contributed by atoms with Crippen LogP contribution < -0.4 is 10.5 Å². The van der Waals surface area contributed by atoms with Crippen molar-refractivity contribution in [2.45, 2.75) is 0 Å². The molecule has 0 unspecified atom stereocenters. The normalized spacial score (nSPS) is 10.1. The molecule has 0 aliphatic carbocycles. The molecular formula is C12H13N3O. The fourth-order valence-corrected chi connectivity index (χ4v) is 1.48. The van der Waals surface area contributed by atoms with E-state index in [1.54, 1.807) is 11.0 Å². The van der Waals surface area contributed by atoms with Crippen LogP contribution in [-0.4, -0.2) is 24.3 Å². The van der Waals surface area contributed by atoms with Crippen LogP contribution in [0.5, 0.6) is 0 Å². The molecule has 0 saturated carbocycles. The number of aromatic amines is 1. The van der Waals surface area contributed by atoms with Gasteiger partial charge in [-0.05, 0) is 6.07 Å². The summed E-state index contributed by atoms with van der Waals surface area (Å²) >= 11 is 0. The Bertz CT molecular complexity index is 531. The van der Waals surface area contributed by atoms with Gasteiger partial charge >= 0.3 is 0 Å². The molecule has 0 amide bonds. The Balaban J connectivity index is 2.52. The first kappa shape index (κ1) is 10.4. The summed E-state index contributed by atoms with van der Waals surface area (Å²) in [5, 5.41) is 6.53. The molecule has 0 bridgehead atoms. The summed E-state index contributed by atoms with van der Waals surface area (Å²) in [6.07, 6.45) is 0. The summed E-state index contributed by atoms with van der Waals surface area (Å²) in [5.74, 6) is 0. The maximum absolute atomic E-state index is 11.5. The lowest BCUT2D eigenvalue weighted by atomic mass is 10.1. The number of rotatable bonds is 2. The molecule has 0 aliphatic rings. The molecule has 1 heterocycles. The molecule has 1 aromatic carbocycles. The van der Waals surface area contributed by atoms with E-state index in [4.69, 9.17) is 0 Å². The van der Waals surface area contributed by atoms with Crippen molar-refractivity contribution in [2.24, 2.45) is 0 Å². The smallest absolute Gasteiger partial charge is 0.287 e. The minimum absolute atomic E-state index is 0.176. The molecule has 0 aliphatic heterocycles. The zero-order chi connectivity index (χ0) is 11.5. The van der Waals surface area contributed by atoms with Crippen molar-refractivity contribution in [1.82, 2.24) is 10.2 Å². The number of hydrogen-bond donors (Lipinski definition) is 1. The van der Waals surface area contributed by atoms with Crippen LogP contribution in [0.4, 0.5) is 5.69 Å². The van der Waals surface area contributed by atoms with Crippen LogP contribution in [0.25, 0.3) is 11.3 Å². The van der Waals surface area contributed by atoms with E-state index in [1.807, 2.05) is 44.4 Å². The second-order valence-corrected chi connectivity index (χ2v) is 3.73. The summed E-state index contributed by atoms with van der Waals surface area (Å²) in [4.78, 5) is 13.3. The van der Waals surface area contributed by atoms with Crippen LogP contribution >= 0.6 is 0 Å². The van der Waals surface area contributed by atoms with Gasteiger partial charge in [0.05, 0.1) is 5.69 Å². The number of benzene rings is 1. The first-order valence-corrected chi connectivity index (χ1v) is 5.01. The van der Waals surface area contributed by atoms with E-state index in [9.17, 15) is 4.79 Å². The summed E-state index contributed by atoms with van der Waals surface area (Å²) in [6, 6.07) is 11.5. The van der Waals surface area contributed by atoms with Crippen LogP contribution in [0.15, 0.2) is 41.2 Å². The van der Waals surface area contributed by atoms with E-state index in [0.29, 0.717) is 5.69 Å². The lowest BCUT2D eigenvalue weighted by molar-refractivity contribution is 0.968. The Morgan fingerprint density at radius 3 is 2.50 bits per heavy atom. The number of aromatic nitrogens is 2. The van der Waals surface area contributed by atoms with Gasteiger partial charge in [0.1, 0.15) is 5.69 Å². The third kappa shape index (κ3) is 1.95. The molecule has 1 aromatic heterocycles. The molecular weight excluding hydrogens is 202 g/mol. The van der Waals surface area contributed by atoms with Crippen LogP contribution in [-0.2, 0) is 0 Å². The SMILES string of the molecule is CN(C)c1cc(-c2ccccc2)n[nH]c1=O. The van der Waals surface area contributed by atoms with Crippen molar-refractivity contribution in [2.75, 3.05) is 19.0 Å². The van der Waals surface area contributed by atoms with Gasteiger partial charge in [0.2, 0.25) is 0 Å². The zero-order valence-electron chi connectivity index (χ0n) is 9.27.